The average molecular weight is 235 g/mol. The minimum absolute atomic E-state index is 0.0185. The summed E-state index contributed by atoms with van der Waals surface area (Å²) in [6.07, 6.45) is -4.50. The predicted molar refractivity (Wildman–Crippen MR) is 51.1 cm³/mol. The van der Waals surface area contributed by atoms with E-state index < -0.39 is 11.9 Å². The van der Waals surface area contributed by atoms with Crippen molar-refractivity contribution in [3.63, 3.8) is 0 Å². The standard InChI is InChI=1S/C9H12F3N3O/c1-5-14-7(9(10,11)12)6(3-4-13)8(15-5)16-2/h3-4,13H2,1-2H3. The summed E-state index contributed by atoms with van der Waals surface area (Å²) in [6, 6.07) is 0. The summed E-state index contributed by atoms with van der Waals surface area (Å²) in [5.41, 5.74) is 4.19. The third-order valence-corrected chi connectivity index (χ3v) is 1.94. The molecule has 0 bridgehead atoms. The second kappa shape index (κ2) is 4.65. The Balaban J connectivity index is 3.38. The Hall–Kier alpha value is -1.37. The summed E-state index contributed by atoms with van der Waals surface area (Å²) in [5, 5.41) is 0. The number of hydrogen-bond acceptors (Lipinski definition) is 4. The molecule has 0 fully saturated rings. The van der Waals surface area contributed by atoms with E-state index in [0.717, 1.165) is 0 Å². The van der Waals surface area contributed by atoms with E-state index >= 15 is 0 Å². The number of nitrogens with two attached hydrogens (primary N) is 1. The van der Waals surface area contributed by atoms with Gasteiger partial charge in [0.25, 0.3) is 0 Å². The topological polar surface area (TPSA) is 61.0 Å². The number of rotatable bonds is 3. The van der Waals surface area contributed by atoms with Gasteiger partial charge in [-0.25, -0.2) is 4.98 Å². The third kappa shape index (κ3) is 2.60. The first kappa shape index (κ1) is 12.7. The zero-order chi connectivity index (χ0) is 12.3. The molecule has 1 heterocycles. The minimum atomic E-state index is -4.52. The van der Waals surface area contributed by atoms with E-state index in [9.17, 15) is 13.2 Å². The van der Waals surface area contributed by atoms with E-state index in [1.165, 1.54) is 14.0 Å². The molecule has 0 radical (unpaired) electrons. The van der Waals surface area contributed by atoms with Crippen LogP contribution in [0.4, 0.5) is 13.2 Å². The van der Waals surface area contributed by atoms with Crippen molar-refractivity contribution >= 4 is 0 Å². The van der Waals surface area contributed by atoms with Crippen LogP contribution in [0.3, 0.4) is 0 Å². The number of alkyl halides is 3. The van der Waals surface area contributed by atoms with Crippen LogP contribution in [-0.4, -0.2) is 23.6 Å². The maximum Gasteiger partial charge on any atom is 0.433 e. The normalized spacial score (nSPS) is 11.6. The van der Waals surface area contributed by atoms with Crippen molar-refractivity contribution in [3.05, 3.63) is 17.1 Å². The lowest BCUT2D eigenvalue weighted by molar-refractivity contribution is -0.142. The molecule has 1 aromatic heterocycles. The van der Waals surface area contributed by atoms with Crippen LogP contribution < -0.4 is 10.5 Å². The summed E-state index contributed by atoms with van der Waals surface area (Å²) in [4.78, 5) is 7.20. The largest absolute Gasteiger partial charge is 0.481 e. The highest BCUT2D eigenvalue weighted by atomic mass is 19.4. The molecule has 90 valence electrons. The summed E-state index contributed by atoms with van der Waals surface area (Å²) < 4.78 is 42.9. The van der Waals surface area contributed by atoms with Crippen molar-refractivity contribution in [2.45, 2.75) is 19.5 Å². The van der Waals surface area contributed by atoms with Crippen LogP contribution in [0.1, 0.15) is 17.1 Å². The highest BCUT2D eigenvalue weighted by molar-refractivity contribution is 5.33. The van der Waals surface area contributed by atoms with Crippen molar-refractivity contribution < 1.29 is 17.9 Å². The number of ether oxygens (including phenoxy) is 1. The zero-order valence-electron chi connectivity index (χ0n) is 8.93. The fraction of sp³-hybridized carbons (Fsp3) is 0.556. The van der Waals surface area contributed by atoms with E-state index in [1.807, 2.05) is 0 Å². The van der Waals surface area contributed by atoms with Gasteiger partial charge >= 0.3 is 6.18 Å². The second-order valence-electron chi connectivity index (χ2n) is 3.14. The molecule has 0 aliphatic carbocycles. The Bertz CT molecular complexity index is 379. The highest BCUT2D eigenvalue weighted by Gasteiger charge is 2.37. The van der Waals surface area contributed by atoms with Gasteiger partial charge in [-0.15, -0.1) is 0 Å². The van der Waals surface area contributed by atoms with Crippen molar-refractivity contribution in [1.29, 1.82) is 0 Å². The Kier molecular flexibility index (Phi) is 3.69. The number of aromatic nitrogens is 2. The van der Waals surface area contributed by atoms with E-state index in [0.29, 0.717) is 0 Å². The molecule has 16 heavy (non-hydrogen) atoms. The molecule has 4 nitrogen and oxygen atoms in total. The molecule has 0 unspecified atom stereocenters. The molecule has 2 N–H and O–H groups in total. The van der Waals surface area contributed by atoms with Crippen LogP contribution in [0.25, 0.3) is 0 Å². The summed E-state index contributed by atoms with van der Waals surface area (Å²) >= 11 is 0. The molecule has 0 saturated heterocycles. The van der Waals surface area contributed by atoms with E-state index in [1.54, 1.807) is 0 Å². The average Bonchev–Trinajstić information content (AvgIpc) is 2.18. The lowest BCUT2D eigenvalue weighted by Crippen LogP contribution is -2.17. The molecule has 0 aliphatic rings. The maximum atomic E-state index is 12.7. The SMILES string of the molecule is COc1nc(C)nc(C(F)(F)F)c1CCN. The molecular weight excluding hydrogens is 223 g/mol. The molecule has 0 atom stereocenters. The van der Waals surface area contributed by atoms with E-state index in [2.05, 4.69) is 9.97 Å². The van der Waals surface area contributed by atoms with Crippen LogP contribution in [0.2, 0.25) is 0 Å². The smallest absolute Gasteiger partial charge is 0.433 e. The molecule has 0 spiro atoms. The lowest BCUT2D eigenvalue weighted by atomic mass is 10.1. The van der Waals surface area contributed by atoms with Crippen LogP contribution in [0, 0.1) is 6.92 Å². The Morgan fingerprint density at radius 1 is 1.31 bits per heavy atom. The zero-order valence-corrected chi connectivity index (χ0v) is 8.93. The Labute approximate surface area is 90.6 Å². The summed E-state index contributed by atoms with van der Waals surface area (Å²) in [7, 11) is 1.27. The van der Waals surface area contributed by atoms with E-state index in [4.69, 9.17) is 10.5 Å². The molecule has 0 saturated carbocycles. The van der Waals surface area contributed by atoms with Gasteiger partial charge in [0.2, 0.25) is 5.88 Å². The number of aryl methyl sites for hydroxylation is 1. The molecule has 1 aromatic rings. The quantitative estimate of drug-likeness (QED) is 0.858. The van der Waals surface area contributed by atoms with Crippen LogP contribution >= 0.6 is 0 Å². The van der Waals surface area contributed by atoms with Gasteiger partial charge < -0.3 is 10.5 Å². The molecule has 0 amide bonds. The predicted octanol–water partition coefficient (Wildman–Crippen LogP) is 1.31. The third-order valence-electron chi connectivity index (χ3n) is 1.94. The van der Waals surface area contributed by atoms with Crippen molar-refractivity contribution in [1.82, 2.24) is 9.97 Å². The van der Waals surface area contributed by atoms with Gasteiger partial charge in [0.1, 0.15) is 5.82 Å². The number of methoxy groups -OCH3 is 1. The second-order valence-corrected chi connectivity index (χ2v) is 3.14. The lowest BCUT2D eigenvalue weighted by Gasteiger charge is -2.14. The van der Waals surface area contributed by atoms with Gasteiger partial charge in [0.05, 0.1) is 7.11 Å². The first-order chi connectivity index (χ1) is 7.40. The van der Waals surface area contributed by atoms with Crippen LogP contribution in [-0.2, 0) is 12.6 Å². The van der Waals surface area contributed by atoms with Crippen LogP contribution in [0.15, 0.2) is 0 Å². The molecule has 0 aliphatic heterocycles. The van der Waals surface area contributed by atoms with E-state index in [-0.39, 0.29) is 30.2 Å². The monoisotopic (exact) mass is 235 g/mol. The Morgan fingerprint density at radius 2 is 1.94 bits per heavy atom. The maximum absolute atomic E-state index is 12.7. The van der Waals surface area contributed by atoms with Gasteiger partial charge in [-0.3, -0.25) is 0 Å². The fourth-order valence-electron chi connectivity index (χ4n) is 1.34. The van der Waals surface area contributed by atoms with Gasteiger partial charge in [0, 0.05) is 5.56 Å². The fourth-order valence-corrected chi connectivity index (χ4v) is 1.34. The number of nitrogens with zero attached hydrogens (tertiary/aromatic N) is 2. The van der Waals surface area contributed by atoms with Crippen molar-refractivity contribution in [2.75, 3.05) is 13.7 Å². The Morgan fingerprint density at radius 3 is 2.38 bits per heavy atom. The first-order valence-electron chi connectivity index (χ1n) is 4.59. The summed E-state index contributed by atoms with van der Waals surface area (Å²) in [5.74, 6) is -0.0461. The molecule has 0 aromatic carbocycles. The highest BCUT2D eigenvalue weighted by Crippen LogP contribution is 2.33. The molecular formula is C9H12F3N3O. The van der Waals surface area contributed by atoms with Crippen molar-refractivity contribution in [2.24, 2.45) is 5.73 Å². The van der Waals surface area contributed by atoms with Gasteiger partial charge in [-0.2, -0.15) is 18.2 Å². The number of hydrogen-bond donors (Lipinski definition) is 1. The van der Waals surface area contributed by atoms with Gasteiger partial charge in [-0.1, -0.05) is 0 Å². The van der Waals surface area contributed by atoms with Crippen molar-refractivity contribution in [3.8, 4) is 5.88 Å². The first-order valence-corrected chi connectivity index (χ1v) is 4.59. The number of halogens is 3. The van der Waals surface area contributed by atoms with Crippen LogP contribution in [0.5, 0.6) is 5.88 Å². The minimum Gasteiger partial charge on any atom is -0.481 e. The van der Waals surface area contributed by atoms with Gasteiger partial charge in [-0.05, 0) is 19.9 Å². The summed E-state index contributed by atoms with van der Waals surface area (Å²) in [6.45, 7) is 1.45. The van der Waals surface area contributed by atoms with Gasteiger partial charge in [0.15, 0.2) is 5.69 Å². The molecule has 1 rings (SSSR count). The molecule has 7 heteroatoms.